The summed E-state index contributed by atoms with van der Waals surface area (Å²) < 4.78 is 16.7. The predicted molar refractivity (Wildman–Crippen MR) is 109 cm³/mol. The molecule has 0 amide bonds. The van der Waals surface area contributed by atoms with Crippen LogP contribution in [0.25, 0.3) is 0 Å². The smallest absolute Gasteiger partial charge is 0.191 e. The minimum atomic E-state index is -0.221. The standard InChI is InChI=1S/C20H29N3O3S/c1-24-20(8-13-25-14-9-20)16-23-19(21-10-6-17-4-2-12-26-17)22-11-7-18-5-3-15-27-18/h2-5,12,15H,6-11,13-14,16H2,1H3,(H2,21,22,23). The number of hydrogen-bond donors (Lipinski definition) is 2. The van der Waals surface area contributed by atoms with Crippen molar-refractivity contribution in [3.05, 3.63) is 46.5 Å². The normalized spacial score (nSPS) is 17.0. The van der Waals surface area contributed by atoms with Crippen LogP contribution in [-0.2, 0) is 22.3 Å². The molecule has 3 rings (SSSR count). The van der Waals surface area contributed by atoms with Gasteiger partial charge in [0, 0.05) is 57.6 Å². The second-order valence-corrected chi connectivity index (χ2v) is 7.71. The summed E-state index contributed by atoms with van der Waals surface area (Å²) in [7, 11) is 1.77. The van der Waals surface area contributed by atoms with E-state index in [1.54, 1.807) is 24.7 Å². The van der Waals surface area contributed by atoms with E-state index in [4.69, 9.17) is 18.9 Å². The number of rotatable bonds is 9. The SMILES string of the molecule is COC1(CN=C(NCCc2ccco2)NCCc2cccs2)CCOCC1. The molecule has 2 aromatic rings. The molecule has 148 valence electrons. The second-order valence-electron chi connectivity index (χ2n) is 6.68. The average Bonchev–Trinajstić information content (AvgIpc) is 3.40. The molecule has 0 saturated carbocycles. The second kappa shape index (κ2) is 10.5. The fraction of sp³-hybridized carbons (Fsp3) is 0.550. The zero-order chi connectivity index (χ0) is 18.8. The number of thiophene rings is 1. The Labute approximate surface area is 165 Å². The van der Waals surface area contributed by atoms with E-state index >= 15 is 0 Å². The minimum Gasteiger partial charge on any atom is -0.469 e. The summed E-state index contributed by atoms with van der Waals surface area (Å²) >= 11 is 1.78. The molecule has 0 bridgehead atoms. The molecule has 0 unspecified atom stereocenters. The van der Waals surface area contributed by atoms with Crippen molar-refractivity contribution in [1.29, 1.82) is 0 Å². The summed E-state index contributed by atoms with van der Waals surface area (Å²) in [5, 5.41) is 8.97. The van der Waals surface area contributed by atoms with E-state index in [0.717, 1.165) is 63.7 Å². The van der Waals surface area contributed by atoms with Crippen LogP contribution in [0.4, 0.5) is 0 Å². The maximum atomic E-state index is 5.80. The number of aliphatic imine (C=N–C) groups is 1. The van der Waals surface area contributed by atoms with Crippen LogP contribution in [0, 0.1) is 0 Å². The third-order valence-corrected chi connectivity index (χ3v) is 5.79. The zero-order valence-corrected chi connectivity index (χ0v) is 16.7. The monoisotopic (exact) mass is 391 g/mol. The van der Waals surface area contributed by atoms with Gasteiger partial charge in [0.25, 0.3) is 0 Å². The number of ether oxygens (including phenoxy) is 2. The van der Waals surface area contributed by atoms with Crippen molar-refractivity contribution in [2.75, 3.05) is 40.0 Å². The van der Waals surface area contributed by atoms with Gasteiger partial charge in [0.15, 0.2) is 5.96 Å². The lowest BCUT2D eigenvalue weighted by molar-refractivity contribution is -0.0828. The first kappa shape index (κ1) is 19.9. The summed E-state index contributed by atoms with van der Waals surface area (Å²) in [5.41, 5.74) is -0.221. The van der Waals surface area contributed by atoms with Crippen molar-refractivity contribution in [2.45, 2.75) is 31.3 Å². The number of nitrogens with one attached hydrogen (secondary N) is 2. The van der Waals surface area contributed by atoms with Gasteiger partial charge < -0.3 is 24.5 Å². The largest absolute Gasteiger partial charge is 0.469 e. The molecule has 2 N–H and O–H groups in total. The van der Waals surface area contributed by atoms with Crippen LogP contribution in [-0.4, -0.2) is 51.5 Å². The lowest BCUT2D eigenvalue weighted by Crippen LogP contribution is -2.44. The number of furan rings is 1. The highest BCUT2D eigenvalue weighted by Crippen LogP contribution is 2.24. The highest BCUT2D eigenvalue weighted by molar-refractivity contribution is 7.09. The van der Waals surface area contributed by atoms with Crippen molar-refractivity contribution >= 4 is 17.3 Å². The Bertz CT molecular complexity index is 622. The van der Waals surface area contributed by atoms with E-state index in [2.05, 4.69) is 28.1 Å². The molecule has 27 heavy (non-hydrogen) atoms. The van der Waals surface area contributed by atoms with Gasteiger partial charge in [-0.05, 0) is 30.0 Å². The van der Waals surface area contributed by atoms with Crippen LogP contribution >= 0.6 is 11.3 Å². The van der Waals surface area contributed by atoms with Crippen LogP contribution in [0.5, 0.6) is 0 Å². The summed E-state index contributed by atoms with van der Waals surface area (Å²) in [6.45, 7) is 3.70. The zero-order valence-electron chi connectivity index (χ0n) is 15.9. The van der Waals surface area contributed by atoms with Crippen molar-refractivity contribution in [1.82, 2.24) is 10.6 Å². The molecule has 1 aliphatic heterocycles. The third-order valence-electron chi connectivity index (χ3n) is 4.85. The van der Waals surface area contributed by atoms with Crippen molar-refractivity contribution in [3.8, 4) is 0 Å². The molecule has 0 aromatic carbocycles. The van der Waals surface area contributed by atoms with Gasteiger partial charge in [0.2, 0.25) is 0 Å². The average molecular weight is 392 g/mol. The minimum absolute atomic E-state index is 0.221. The van der Waals surface area contributed by atoms with Crippen LogP contribution in [0.15, 0.2) is 45.3 Å². The first-order valence-corrected chi connectivity index (χ1v) is 10.4. The molecule has 0 radical (unpaired) electrons. The molecule has 2 aromatic heterocycles. The fourth-order valence-electron chi connectivity index (χ4n) is 3.09. The van der Waals surface area contributed by atoms with Crippen LogP contribution < -0.4 is 10.6 Å². The lowest BCUT2D eigenvalue weighted by atomic mass is 9.94. The Morgan fingerprint density at radius 3 is 2.67 bits per heavy atom. The summed E-state index contributed by atoms with van der Waals surface area (Å²) in [5.74, 6) is 1.79. The van der Waals surface area contributed by atoms with Gasteiger partial charge in [0.05, 0.1) is 18.4 Å². The molecule has 1 saturated heterocycles. The molecule has 0 spiro atoms. The molecule has 0 atom stereocenters. The molecule has 1 fully saturated rings. The Kier molecular flexibility index (Phi) is 7.74. The molecule has 0 aliphatic carbocycles. The lowest BCUT2D eigenvalue weighted by Gasteiger charge is -2.34. The Balaban J connectivity index is 1.54. The molecule has 1 aliphatic rings. The highest BCUT2D eigenvalue weighted by Gasteiger charge is 2.32. The first-order valence-electron chi connectivity index (χ1n) is 9.49. The number of methoxy groups -OCH3 is 1. The molecule has 6 nitrogen and oxygen atoms in total. The van der Waals surface area contributed by atoms with Gasteiger partial charge in [-0.25, -0.2) is 0 Å². The third kappa shape index (κ3) is 6.37. The summed E-state index contributed by atoms with van der Waals surface area (Å²) in [6, 6.07) is 8.15. The molecule has 3 heterocycles. The summed E-state index contributed by atoms with van der Waals surface area (Å²) in [6.07, 6.45) is 5.27. The Morgan fingerprint density at radius 1 is 1.19 bits per heavy atom. The molecular formula is C20H29N3O3S. The van der Waals surface area contributed by atoms with Gasteiger partial charge in [0.1, 0.15) is 5.76 Å². The van der Waals surface area contributed by atoms with E-state index < -0.39 is 0 Å². The van der Waals surface area contributed by atoms with Crippen molar-refractivity contribution < 1.29 is 13.9 Å². The van der Waals surface area contributed by atoms with Crippen molar-refractivity contribution in [2.24, 2.45) is 4.99 Å². The quantitative estimate of drug-likeness (QED) is 0.508. The maximum Gasteiger partial charge on any atom is 0.191 e. The Hall–Kier alpha value is -1.83. The van der Waals surface area contributed by atoms with Gasteiger partial charge in [-0.15, -0.1) is 11.3 Å². The van der Waals surface area contributed by atoms with E-state index in [1.807, 2.05) is 12.1 Å². The fourth-order valence-corrected chi connectivity index (χ4v) is 3.79. The predicted octanol–water partition coefficient (Wildman–Crippen LogP) is 2.86. The van der Waals surface area contributed by atoms with Crippen molar-refractivity contribution in [3.63, 3.8) is 0 Å². The van der Waals surface area contributed by atoms with Gasteiger partial charge >= 0.3 is 0 Å². The number of hydrogen-bond acceptors (Lipinski definition) is 5. The van der Waals surface area contributed by atoms with Gasteiger partial charge in [-0.3, -0.25) is 4.99 Å². The number of guanidine groups is 1. The molecular weight excluding hydrogens is 362 g/mol. The van der Waals surface area contributed by atoms with E-state index in [-0.39, 0.29) is 5.60 Å². The van der Waals surface area contributed by atoms with Crippen LogP contribution in [0.2, 0.25) is 0 Å². The first-order chi connectivity index (χ1) is 13.3. The van der Waals surface area contributed by atoms with Crippen LogP contribution in [0.1, 0.15) is 23.5 Å². The maximum absolute atomic E-state index is 5.80. The Morgan fingerprint density at radius 2 is 2.00 bits per heavy atom. The summed E-state index contributed by atoms with van der Waals surface area (Å²) in [4.78, 5) is 6.19. The van der Waals surface area contributed by atoms with Crippen LogP contribution in [0.3, 0.4) is 0 Å². The van der Waals surface area contributed by atoms with E-state index in [9.17, 15) is 0 Å². The highest BCUT2D eigenvalue weighted by atomic mass is 32.1. The topological polar surface area (TPSA) is 68.0 Å². The van der Waals surface area contributed by atoms with E-state index in [1.165, 1.54) is 4.88 Å². The van der Waals surface area contributed by atoms with E-state index in [0.29, 0.717) is 6.54 Å². The number of nitrogens with zero attached hydrogens (tertiary/aromatic N) is 1. The molecule has 7 heteroatoms. The van der Waals surface area contributed by atoms with Gasteiger partial charge in [-0.2, -0.15) is 0 Å². The van der Waals surface area contributed by atoms with Gasteiger partial charge in [-0.1, -0.05) is 6.07 Å².